The van der Waals surface area contributed by atoms with Crippen molar-refractivity contribution < 1.29 is 0 Å². The van der Waals surface area contributed by atoms with E-state index in [0.717, 1.165) is 10.8 Å². The molecule has 0 saturated heterocycles. The van der Waals surface area contributed by atoms with Crippen LogP contribution in [-0.2, 0) is 6.42 Å². The Hall–Kier alpha value is -0.430. The number of hydrogen-bond acceptors (Lipinski definition) is 1. The van der Waals surface area contributed by atoms with Gasteiger partial charge in [-0.3, -0.25) is 0 Å². The highest BCUT2D eigenvalue weighted by atomic mass is 32.1. The van der Waals surface area contributed by atoms with E-state index in [1.165, 1.54) is 44.1 Å². The second-order valence-corrected chi connectivity index (χ2v) is 5.22. The van der Waals surface area contributed by atoms with E-state index in [1.807, 2.05) is 0 Å². The lowest BCUT2D eigenvalue weighted by Gasteiger charge is -2.08. The zero-order chi connectivity index (χ0) is 11.8. The van der Waals surface area contributed by atoms with Crippen molar-refractivity contribution in [3.8, 4) is 0 Å². The van der Waals surface area contributed by atoms with Gasteiger partial charge in [0.15, 0.2) is 0 Å². The smallest absolute Gasteiger partial charge is 0.00720 e. The molecular weight excluding hydrogens is 212 g/mol. The number of thiol groups is 1. The summed E-state index contributed by atoms with van der Waals surface area (Å²) in [6.45, 7) is 4.63. The van der Waals surface area contributed by atoms with Crippen LogP contribution in [-0.4, -0.2) is 0 Å². The molecular formula is C15H24S. The van der Waals surface area contributed by atoms with Crippen LogP contribution >= 0.6 is 12.6 Å². The second-order valence-electron chi connectivity index (χ2n) is 4.74. The van der Waals surface area contributed by atoms with Crippen LogP contribution in [0.3, 0.4) is 0 Å². The summed E-state index contributed by atoms with van der Waals surface area (Å²) in [5, 5.41) is 0. The molecule has 16 heavy (non-hydrogen) atoms. The Labute approximate surface area is 106 Å². The predicted octanol–water partition coefficient (Wildman–Crippen LogP) is 5.12. The summed E-state index contributed by atoms with van der Waals surface area (Å²) in [6.07, 6.45) is 7.92. The molecule has 0 heterocycles. The SMILES string of the molecule is CCC(C)CCCCCc1ccccc1S. The van der Waals surface area contributed by atoms with Gasteiger partial charge < -0.3 is 0 Å². The van der Waals surface area contributed by atoms with Gasteiger partial charge >= 0.3 is 0 Å². The third-order valence-corrected chi connectivity index (χ3v) is 3.77. The maximum Gasteiger partial charge on any atom is 0.00720 e. The fourth-order valence-electron chi connectivity index (χ4n) is 1.91. The molecule has 0 nitrogen and oxygen atoms in total. The van der Waals surface area contributed by atoms with Gasteiger partial charge in [-0.2, -0.15) is 0 Å². The zero-order valence-electron chi connectivity index (χ0n) is 10.6. The highest BCUT2D eigenvalue weighted by molar-refractivity contribution is 7.80. The number of benzene rings is 1. The summed E-state index contributed by atoms with van der Waals surface area (Å²) < 4.78 is 0. The van der Waals surface area contributed by atoms with Crippen LogP contribution in [0.4, 0.5) is 0 Å². The van der Waals surface area contributed by atoms with Crippen LogP contribution in [0.2, 0.25) is 0 Å². The molecule has 1 unspecified atom stereocenters. The molecule has 0 saturated carbocycles. The first-order valence-corrected chi connectivity index (χ1v) is 6.95. The molecule has 0 spiro atoms. The summed E-state index contributed by atoms with van der Waals surface area (Å²) in [5.41, 5.74) is 1.40. The summed E-state index contributed by atoms with van der Waals surface area (Å²) >= 11 is 4.47. The molecule has 1 aromatic rings. The van der Waals surface area contributed by atoms with Gasteiger partial charge in [0.05, 0.1) is 0 Å². The van der Waals surface area contributed by atoms with Gasteiger partial charge in [-0.25, -0.2) is 0 Å². The number of hydrogen-bond donors (Lipinski definition) is 1. The van der Waals surface area contributed by atoms with Gasteiger partial charge in [0, 0.05) is 4.90 Å². The van der Waals surface area contributed by atoms with E-state index in [9.17, 15) is 0 Å². The predicted molar refractivity (Wildman–Crippen MR) is 75.3 cm³/mol. The molecule has 90 valence electrons. The van der Waals surface area contributed by atoms with Crippen LogP contribution < -0.4 is 0 Å². The van der Waals surface area contributed by atoms with Crippen molar-refractivity contribution in [3.05, 3.63) is 29.8 Å². The van der Waals surface area contributed by atoms with E-state index in [4.69, 9.17) is 0 Å². The Balaban J connectivity index is 2.14. The molecule has 0 aliphatic rings. The molecule has 0 N–H and O–H groups in total. The molecule has 0 aromatic heterocycles. The number of unbranched alkanes of at least 4 members (excludes halogenated alkanes) is 2. The van der Waals surface area contributed by atoms with Crippen molar-refractivity contribution in [2.24, 2.45) is 5.92 Å². The second kappa shape index (κ2) is 7.78. The van der Waals surface area contributed by atoms with E-state index in [0.29, 0.717) is 0 Å². The third-order valence-electron chi connectivity index (χ3n) is 3.33. The Kier molecular flexibility index (Phi) is 6.63. The van der Waals surface area contributed by atoms with Gasteiger partial charge in [-0.15, -0.1) is 12.6 Å². The standard InChI is InChI=1S/C15H24S/c1-3-13(2)9-5-4-6-10-14-11-7-8-12-15(14)16/h7-8,11-13,16H,3-6,9-10H2,1-2H3. The first kappa shape index (κ1) is 13.6. The van der Waals surface area contributed by atoms with Crippen LogP contribution in [0.25, 0.3) is 0 Å². The lowest BCUT2D eigenvalue weighted by Crippen LogP contribution is -1.93. The molecule has 0 fully saturated rings. The van der Waals surface area contributed by atoms with Crippen molar-refractivity contribution in [1.82, 2.24) is 0 Å². The Morgan fingerprint density at radius 1 is 1.12 bits per heavy atom. The van der Waals surface area contributed by atoms with E-state index in [1.54, 1.807) is 0 Å². The van der Waals surface area contributed by atoms with Gasteiger partial charge in [-0.1, -0.05) is 57.7 Å². The van der Waals surface area contributed by atoms with Gasteiger partial charge in [0.2, 0.25) is 0 Å². The highest BCUT2D eigenvalue weighted by Crippen LogP contribution is 2.17. The minimum Gasteiger partial charge on any atom is -0.143 e. The van der Waals surface area contributed by atoms with Crippen molar-refractivity contribution in [3.63, 3.8) is 0 Å². The van der Waals surface area contributed by atoms with Gasteiger partial charge in [0.1, 0.15) is 0 Å². The van der Waals surface area contributed by atoms with E-state index in [-0.39, 0.29) is 0 Å². The van der Waals surface area contributed by atoms with Crippen molar-refractivity contribution in [2.45, 2.75) is 57.3 Å². The third kappa shape index (κ3) is 5.07. The molecule has 0 amide bonds. The zero-order valence-corrected chi connectivity index (χ0v) is 11.5. The maximum absolute atomic E-state index is 4.47. The number of aryl methyl sites for hydroxylation is 1. The molecule has 1 heteroatoms. The molecule has 1 atom stereocenters. The topological polar surface area (TPSA) is 0 Å². The van der Waals surface area contributed by atoms with Crippen molar-refractivity contribution in [1.29, 1.82) is 0 Å². The molecule has 1 aromatic carbocycles. The van der Waals surface area contributed by atoms with Crippen LogP contribution in [0.5, 0.6) is 0 Å². The fraction of sp³-hybridized carbons (Fsp3) is 0.600. The summed E-state index contributed by atoms with van der Waals surface area (Å²) in [4.78, 5) is 1.14. The first-order chi connectivity index (χ1) is 7.74. The quantitative estimate of drug-likeness (QED) is 0.493. The van der Waals surface area contributed by atoms with Gasteiger partial charge in [-0.05, 0) is 30.4 Å². The normalized spacial score (nSPS) is 12.7. The summed E-state index contributed by atoms with van der Waals surface area (Å²) in [5.74, 6) is 0.900. The lowest BCUT2D eigenvalue weighted by atomic mass is 9.99. The molecule has 0 radical (unpaired) electrons. The Morgan fingerprint density at radius 2 is 1.88 bits per heavy atom. The van der Waals surface area contributed by atoms with Crippen LogP contribution in [0.1, 0.15) is 51.5 Å². The largest absolute Gasteiger partial charge is 0.143 e. The van der Waals surface area contributed by atoms with Gasteiger partial charge in [0.25, 0.3) is 0 Å². The molecule has 0 bridgehead atoms. The molecule has 0 aliphatic carbocycles. The molecule has 1 rings (SSSR count). The Bertz CT molecular complexity index is 293. The fourth-order valence-corrected chi connectivity index (χ4v) is 2.18. The summed E-state index contributed by atoms with van der Waals surface area (Å²) in [6, 6.07) is 8.43. The monoisotopic (exact) mass is 236 g/mol. The first-order valence-electron chi connectivity index (χ1n) is 6.51. The number of rotatable bonds is 7. The minimum atomic E-state index is 0.900. The minimum absolute atomic E-state index is 0.900. The van der Waals surface area contributed by atoms with E-state index < -0.39 is 0 Å². The van der Waals surface area contributed by atoms with E-state index >= 15 is 0 Å². The molecule has 0 aliphatic heterocycles. The lowest BCUT2D eigenvalue weighted by molar-refractivity contribution is 0.478. The van der Waals surface area contributed by atoms with Crippen LogP contribution in [0.15, 0.2) is 29.2 Å². The van der Waals surface area contributed by atoms with E-state index in [2.05, 4.69) is 50.7 Å². The summed E-state index contributed by atoms with van der Waals surface area (Å²) in [7, 11) is 0. The van der Waals surface area contributed by atoms with Crippen molar-refractivity contribution >= 4 is 12.6 Å². The van der Waals surface area contributed by atoms with Crippen molar-refractivity contribution in [2.75, 3.05) is 0 Å². The average molecular weight is 236 g/mol. The Morgan fingerprint density at radius 3 is 2.56 bits per heavy atom. The maximum atomic E-state index is 4.47. The van der Waals surface area contributed by atoms with Crippen LogP contribution in [0, 0.1) is 5.92 Å². The average Bonchev–Trinajstić information content (AvgIpc) is 2.30. The highest BCUT2D eigenvalue weighted by Gasteiger charge is 2.00.